The Morgan fingerprint density at radius 2 is 1.23 bits per heavy atom. The van der Waals surface area contributed by atoms with Crippen LogP contribution in [0.25, 0.3) is 0 Å². The topological polar surface area (TPSA) is 127 Å². The first-order valence-electron chi connectivity index (χ1n) is 11.2. The minimum absolute atomic E-state index is 0.0654. The lowest BCUT2D eigenvalue weighted by atomic mass is 10.1. The molecule has 0 heterocycles. The number of unbranched alkanes of at least 4 members (excludes halogenated alkanes) is 11. The van der Waals surface area contributed by atoms with E-state index >= 15 is 0 Å². The average molecular weight is 453 g/mol. The third kappa shape index (κ3) is 20.1. The molecule has 0 bridgehead atoms. The summed E-state index contributed by atoms with van der Waals surface area (Å²) in [7, 11) is -4.10. The van der Waals surface area contributed by atoms with Gasteiger partial charge in [0.15, 0.2) is 6.10 Å². The molecule has 8 nitrogen and oxygen atoms in total. The van der Waals surface area contributed by atoms with Gasteiger partial charge in [-0.1, -0.05) is 77.6 Å². The maximum atomic E-state index is 11.6. The summed E-state index contributed by atoms with van der Waals surface area (Å²) in [6, 6.07) is 0. The van der Waals surface area contributed by atoms with Crippen molar-refractivity contribution in [3.8, 4) is 0 Å². The predicted octanol–water partition coefficient (Wildman–Crippen LogP) is 3.80. The Bertz CT molecular complexity index is 547. The number of rotatable bonds is 20. The van der Waals surface area contributed by atoms with E-state index in [0.29, 0.717) is 0 Å². The molecule has 0 amide bonds. The lowest BCUT2D eigenvalue weighted by molar-refractivity contribution is -0.160. The van der Waals surface area contributed by atoms with Gasteiger partial charge in [0.25, 0.3) is 10.1 Å². The molecule has 0 aliphatic heterocycles. The van der Waals surface area contributed by atoms with Gasteiger partial charge in [-0.25, -0.2) is 4.79 Å². The summed E-state index contributed by atoms with van der Waals surface area (Å²) < 4.78 is 39.3. The summed E-state index contributed by atoms with van der Waals surface area (Å²) in [5.74, 6) is -2.22. The van der Waals surface area contributed by atoms with Crippen LogP contribution >= 0.6 is 0 Å². The molecule has 2 N–H and O–H groups in total. The smallest absolute Gasteiger partial charge is 0.335 e. The Morgan fingerprint density at radius 3 is 1.73 bits per heavy atom. The van der Waals surface area contributed by atoms with E-state index in [2.05, 4.69) is 6.92 Å². The lowest BCUT2D eigenvalue weighted by Gasteiger charge is -2.10. The molecule has 0 aliphatic rings. The maximum absolute atomic E-state index is 11.6. The molecule has 0 aliphatic carbocycles. The largest absolute Gasteiger partial charge is 0.466 e. The molecular weight excluding hydrogens is 412 g/mol. The lowest BCUT2D eigenvalue weighted by Crippen LogP contribution is -2.27. The number of hydrogen-bond acceptors (Lipinski definition) is 7. The van der Waals surface area contributed by atoms with Crippen LogP contribution in [0.1, 0.15) is 96.8 Å². The van der Waals surface area contributed by atoms with E-state index in [0.717, 1.165) is 19.3 Å². The summed E-state index contributed by atoms with van der Waals surface area (Å²) in [5, 5.41) is 9.65. The molecule has 0 radical (unpaired) electrons. The number of carbonyl (C=O) groups excluding carboxylic acids is 2. The molecule has 0 aromatic carbocycles. The van der Waals surface area contributed by atoms with Crippen molar-refractivity contribution in [2.75, 3.05) is 19.0 Å². The summed E-state index contributed by atoms with van der Waals surface area (Å²) in [4.78, 5) is 23.1. The van der Waals surface area contributed by atoms with E-state index in [9.17, 15) is 23.1 Å². The molecular formula is C21H40O8S. The monoisotopic (exact) mass is 452 g/mol. The first-order chi connectivity index (χ1) is 14.3. The third-order valence-electron chi connectivity index (χ3n) is 4.68. The van der Waals surface area contributed by atoms with Crippen LogP contribution in [-0.2, 0) is 29.2 Å². The number of aliphatic hydroxyl groups excluding tert-OH is 1. The van der Waals surface area contributed by atoms with Gasteiger partial charge in [0.2, 0.25) is 0 Å². The Hall–Kier alpha value is -1.19. The molecule has 178 valence electrons. The number of carbonyl (C=O) groups is 2. The normalized spacial score (nSPS) is 12.5. The second-order valence-electron chi connectivity index (χ2n) is 7.64. The number of hydrogen-bond donors (Lipinski definition) is 2. The van der Waals surface area contributed by atoms with Crippen molar-refractivity contribution in [1.82, 2.24) is 0 Å². The fourth-order valence-corrected chi connectivity index (χ4v) is 3.42. The highest BCUT2D eigenvalue weighted by Crippen LogP contribution is 2.12. The van der Waals surface area contributed by atoms with Crippen molar-refractivity contribution in [1.29, 1.82) is 0 Å². The predicted molar refractivity (Wildman–Crippen MR) is 115 cm³/mol. The van der Waals surface area contributed by atoms with Gasteiger partial charge in [-0.3, -0.25) is 9.35 Å². The molecule has 30 heavy (non-hydrogen) atoms. The number of esters is 2. The Labute approximate surface area is 181 Å². The Morgan fingerprint density at radius 1 is 0.767 bits per heavy atom. The number of aliphatic hydroxyl groups is 1. The molecule has 0 fully saturated rings. The minimum atomic E-state index is -4.10. The van der Waals surface area contributed by atoms with Crippen molar-refractivity contribution >= 4 is 22.1 Å². The zero-order valence-electron chi connectivity index (χ0n) is 18.4. The van der Waals surface area contributed by atoms with Crippen LogP contribution in [0.3, 0.4) is 0 Å². The average Bonchev–Trinajstić information content (AvgIpc) is 2.68. The van der Waals surface area contributed by atoms with E-state index in [1.54, 1.807) is 0 Å². The fraction of sp³-hybridized carbons (Fsp3) is 0.905. The SMILES string of the molecule is CCCCCCCCCCCCCCOC(=O)C(O)CC(=O)OCCCS(=O)(=O)O. The van der Waals surface area contributed by atoms with Crippen LogP contribution in [0.2, 0.25) is 0 Å². The highest BCUT2D eigenvalue weighted by molar-refractivity contribution is 7.85. The van der Waals surface area contributed by atoms with E-state index < -0.39 is 40.3 Å². The zero-order valence-corrected chi connectivity index (χ0v) is 19.2. The van der Waals surface area contributed by atoms with Crippen LogP contribution in [0.5, 0.6) is 0 Å². The summed E-state index contributed by atoms with van der Waals surface area (Å²) >= 11 is 0. The Kier molecular flexibility index (Phi) is 17.8. The van der Waals surface area contributed by atoms with E-state index in [-0.39, 0.29) is 19.6 Å². The summed E-state index contributed by atoms with van der Waals surface area (Å²) in [6.45, 7) is 2.21. The van der Waals surface area contributed by atoms with Gasteiger partial charge >= 0.3 is 11.9 Å². The third-order valence-corrected chi connectivity index (χ3v) is 5.49. The standard InChI is InChI=1S/C21H40O8S/c1-2-3-4-5-6-7-8-9-10-11-12-13-15-29-21(24)19(22)18-20(23)28-16-14-17-30(25,26)27/h19,22H,2-18H2,1H3,(H,25,26,27). The van der Waals surface area contributed by atoms with Gasteiger partial charge in [0.1, 0.15) is 0 Å². The van der Waals surface area contributed by atoms with E-state index in [1.165, 1.54) is 57.8 Å². The van der Waals surface area contributed by atoms with Gasteiger partial charge in [-0.2, -0.15) is 8.42 Å². The Balaban J connectivity index is 3.53. The van der Waals surface area contributed by atoms with Crippen molar-refractivity contribution in [3.63, 3.8) is 0 Å². The fourth-order valence-electron chi connectivity index (χ4n) is 2.94. The summed E-state index contributed by atoms with van der Waals surface area (Å²) in [6.07, 6.45) is 12.2. The van der Waals surface area contributed by atoms with Gasteiger partial charge in [-0.05, 0) is 12.8 Å². The van der Waals surface area contributed by atoms with Crippen LogP contribution < -0.4 is 0 Å². The quantitative estimate of drug-likeness (QED) is 0.162. The molecule has 0 aromatic heterocycles. The second-order valence-corrected chi connectivity index (χ2v) is 9.21. The van der Waals surface area contributed by atoms with Crippen molar-refractivity contribution in [3.05, 3.63) is 0 Å². The highest BCUT2D eigenvalue weighted by atomic mass is 32.2. The van der Waals surface area contributed by atoms with Crippen LogP contribution in [-0.4, -0.2) is 55.1 Å². The second kappa shape index (κ2) is 18.6. The molecule has 0 rings (SSSR count). The zero-order chi connectivity index (χ0) is 22.7. The van der Waals surface area contributed by atoms with Gasteiger partial charge in [-0.15, -0.1) is 0 Å². The van der Waals surface area contributed by atoms with Gasteiger partial charge in [0.05, 0.1) is 25.4 Å². The van der Waals surface area contributed by atoms with Crippen LogP contribution in [0.4, 0.5) is 0 Å². The molecule has 1 unspecified atom stereocenters. The molecule has 0 saturated carbocycles. The van der Waals surface area contributed by atoms with Crippen molar-refractivity contribution < 1.29 is 37.1 Å². The van der Waals surface area contributed by atoms with Crippen molar-refractivity contribution in [2.45, 2.75) is 103 Å². The first kappa shape index (κ1) is 28.8. The van der Waals surface area contributed by atoms with Crippen molar-refractivity contribution in [2.24, 2.45) is 0 Å². The molecule has 0 spiro atoms. The molecule has 0 saturated heterocycles. The minimum Gasteiger partial charge on any atom is -0.466 e. The maximum Gasteiger partial charge on any atom is 0.335 e. The molecule has 0 aromatic rings. The highest BCUT2D eigenvalue weighted by Gasteiger charge is 2.21. The summed E-state index contributed by atoms with van der Waals surface area (Å²) in [5.41, 5.74) is 0. The van der Waals surface area contributed by atoms with E-state index in [1.807, 2.05) is 0 Å². The van der Waals surface area contributed by atoms with Gasteiger partial charge in [0, 0.05) is 0 Å². The van der Waals surface area contributed by atoms with Crippen LogP contribution in [0, 0.1) is 0 Å². The first-order valence-corrected chi connectivity index (χ1v) is 12.8. The molecule has 1 atom stereocenters. The van der Waals surface area contributed by atoms with Gasteiger partial charge < -0.3 is 14.6 Å². The molecule has 9 heteroatoms. The van der Waals surface area contributed by atoms with Crippen LogP contribution in [0.15, 0.2) is 0 Å². The van der Waals surface area contributed by atoms with E-state index in [4.69, 9.17) is 14.0 Å². The number of ether oxygens (including phenoxy) is 2.